The minimum atomic E-state index is -0.768. The maximum absolute atomic E-state index is 13.3. The van der Waals surface area contributed by atoms with Gasteiger partial charge in [-0.1, -0.05) is 121 Å². The lowest BCUT2D eigenvalue weighted by Crippen LogP contribution is -2.34. The maximum Gasteiger partial charge on any atom is 0.312 e. The molecular formula is C54H70N6O6. The quantitative estimate of drug-likeness (QED) is 0.0630. The minimum absolute atomic E-state index is 0.0311. The summed E-state index contributed by atoms with van der Waals surface area (Å²) in [5, 5.41) is 36.6. The van der Waals surface area contributed by atoms with Gasteiger partial charge in [-0.05, 0) is 136 Å². The highest BCUT2D eigenvalue weighted by Gasteiger charge is 2.40. The summed E-state index contributed by atoms with van der Waals surface area (Å²) in [6, 6.07) is 31.6. The summed E-state index contributed by atoms with van der Waals surface area (Å²) in [5.41, 5.74) is 8.07. The first-order chi connectivity index (χ1) is 31.7. The zero-order valence-corrected chi connectivity index (χ0v) is 40.2. The molecule has 4 aromatic carbocycles. The zero-order chi connectivity index (χ0) is 47.7. The van der Waals surface area contributed by atoms with Gasteiger partial charge in [0.25, 0.3) is 0 Å². The minimum Gasteiger partial charge on any atom is -0.460 e. The van der Waals surface area contributed by atoms with Crippen LogP contribution in [0.3, 0.4) is 0 Å². The van der Waals surface area contributed by atoms with Crippen LogP contribution < -0.4 is 0 Å². The first-order valence-electron chi connectivity index (χ1n) is 23.3. The van der Waals surface area contributed by atoms with Crippen molar-refractivity contribution in [3.05, 3.63) is 165 Å². The van der Waals surface area contributed by atoms with Crippen molar-refractivity contribution in [2.75, 3.05) is 0 Å². The van der Waals surface area contributed by atoms with Gasteiger partial charge in [-0.15, -0.1) is 10.2 Å². The van der Waals surface area contributed by atoms with Gasteiger partial charge in [-0.3, -0.25) is 19.0 Å². The molecule has 0 aliphatic carbocycles. The Morgan fingerprint density at radius 3 is 1.32 bits per heavy atom. The van der Waals surface area contributed by atoms with E-state index in [4.69, 9.17) is 9.47 Å². The van der Waals surface area contributed by atoms with Crippen molar-refractivity contribution >= 4 is 11.9 Å². The molecule has 2 atom stereocenters. The molecule has 0 spiro atoms. The summed E-state index contributed by atoms with van der Waals surface area (Å²) < 4.78 is 15.2. The molecule has 66 heavy (non-hydrogen) atoms. The van der Waals surface area contributed by atoms with Crippen LogP contribution in [0.2, 0.25) is 0 Å². The van der Waals surface area contributed by atoms with E-state index in [1.807, 2.05) is 148 Å². The molecule has 6 rings (SSSR count). The van der Waals surface area contributed by atoms with Crippen LogP contribution in [0.25, 0.3) is 0 Å². The number of hydrogen-bond donors (Lipinski definition) is 2. The Kier molecular flexibility index (Phi) is 18.9. The summed E-state index contributed by atoms with van der Waals surface area (Å²) in [4.78, 5) is 26.5. The topological polar surface area (TPSA) is 154 Å². The first kappa shape index (κ1) is 51.0. The van der Waals surface area contributed by atoms with E-state index in [9.17, 15) is 19.8 Å². The Morgan fingerprint density at radius 2 is 0.970 bits per heavy atom. The van der Waals surface area contributed by atoms with Crippen molar-refractivity contribution < 1.29 is 29.3 Å². The van der Waals surface area contributed by atoms with E-state index in [1.165, 1.54) is 0 Å². The average molecular weight is 899 g/mol. The second-order valence-corrected chi connectivity index (χ2v) is 18.4. The van der Waals surface area contributed by atoms with Crippen LogP contribution in [-0.2, 0) is 71.4 Å². The molecule has 6 aromatic rings. The summed E-state index contributed by atoms with van der Waals surface area (Å²) >= 11 is 0. The normalized spacial score (nSPS) is 12.5. The van der Waals surface area contributed by atoms with Crippen LogP contribution >= 0.6 is 0 Å². The first-order valence-corrected chi connectivity index (χ1v) is 23.3. The van der Waals surface area contributed by atoms with Crippen molar-refractivity contribution in [3.8, 4) is 0 Å². The number of aliphatic hydroxyl groups is 2. The number of nitrogens with zero attached hydrogens (tertiary/aromatic N) is 6. The van der Waals surface area contributed by atoms with E-state index in [1.54, 1.807) is 0 Å². The lowest BCUT2D eigenvalue weighted by molar-refractivity contribution is -0.157. The number of aliphatic hydroxyl groups excluding tert-OH is 2. The van der Waals surface area contributed by atoms with Crippen molar-refractivity contribution in [2.24, 2.45) is 10.8 Å². The van der Waals surface area contributed by atoms with Gasteiger partial charge < -0.3 is 19.7 Å². The predicted molar refractivity (Wildman–Crippen MR) is 257 cm³/mol. The Balaban J connectivity index is 0.000000247. The Morgan fingerprint density at radius 1 is 0.591 bits per heavy atom. The number of benzene rings is 4. The molecule has 0 aliphatic heterocycles. The fraction of sp³-hybridized carbons (Fsp3) is 0.444. The standard InChI is InChI=1S/2C27H35N3O3/c2*1-5-15-30-17-24(28-29-30)13-14-25(22-12-11-20(2)23(16-22)18-31)27(3,4)26(32)33-19-21-9-7-6-8-10-21/h2*6-12,16-17,25,31H,5,13-15,18-19H2,1-4H3/t2*25-/m10/s1. The molecule has 0 aliphatic rings. The lowest BCUT2D eigenvalue weighted by Gasteiger charge is -2.33. The SMILES string of the molecule is CCCn1cc(CC[C@@H](c2ccc(C)c(CO)c2)C(C)(C)C(=O)OCc2ccccc2)nn1.CCCn1cc(CC[C@H](c2ccc(C)c(CO)c2)C(C)(C)C(=O)OCc2ccccc2)nn1. The van der Waals surface area contributed by atoms with Crippen LogP contribution in [-0.4, -0.2) is 52.1 Å². The van der Waals surface area contributed by atoms with Crippen molar-refractivity contribution in [2.45, 2.75) is 145 Å². The van der Waals surface area contributed by atoms with Crippen molar-refractivity contribution in [3.63, 3.8) is 0 Å². The van der Waals surface area contributed by atoms with Gasteiger partial charge >= 0.3 is 11.9 Å². The number of rotatable bonds is 22. The smallest absolute Gasteiger partial charge is 0.312 e. The molecule has 2 N–H and O–H groups in total. The molecule has 0 bridgehead atoms. The van der Waals surface area contributed by atoms with Crippen LogP contribution in [0, 0.1) is 24.7 Å². The van der Waals surface area contributed by atoms with Gasteiger partial charge in [0.1, 0.15) is 13.2 Å². The third kappa shape index (κ3) is 14.0. The highest BCUT2D eigenvalue weighted by molar-refractivity contribution is 5.78. The molecule has 12 heteroatoms. The second kappa shape index (κ2) is 24.5. The monoisotopic (exact) mass is 899 g/mol. The summed E-state index contributed by atoms with van der Waals surface area (Å²) in [7, 11) is 0. The van der Waals surface area contributed by atoms with E-state index in [0.717, 1.165) is 81.8 Å². The van der Waals surface area contributed by atoms with E-state index in [-0.39, 0.29) is 50.2 Å². The number of ether oxygens (including phenoxy) is 2. The maximum atomic E-state index is 13.3. The molecule has 0 amide bonds. The molecule has 0 radical (unpaired) electrons. The Hall–Kier alpha value is -5.98. The second-order valence-electron chi connectivity index (χ2n) is 18.4. The highest BCUT2D eigenvalue weighted by Crippen LogP contribution is 2.42. The Bertz CT molecular complexity index is 2260. The molecule has 0 saturated heterocycles. The zero-order valence-electron chi connectivity index (χ0n) is 40.2. The van der Waals surface area contributed by atoms with Crippen LogP contribution in [0.5, 0.6) is 0 Å². The highest BCUT2D eigenvalue weighted by atomic mass is 16.5. The molecular weight excluding hydrogens is 829 g/mol. The lowest BCUT2D eigenvalue weighted by atomic mass is 9.72. The van der Waals surface area contributed by atoms with Gasteiger partial charge in [0.2, 0.25) is 0 Å². The van der Waals surface area contributed by atoms with E-state index >= 15 is 0 Å². The van der Waals surface area contributed by atoms with Gasteiger partial charge in [0.05, 0.1) is 35.4 Å². The molecule has 12 nitrogen and oxygen atoms in total. The fourth-order valence-electron chi connectivity index (χ4n) is 8.32. The van der Waals surface area contributed by atoms with Gasteiger partial charge in [-0.25, -0.2) is 0 Å². The Labute approximate surface area is 391 Å². The van der Waals surface area contributed by atoms with Gasteiger partial charge in [0.15, 0.2) is 0 Å². The van der Waals surface area contributed by atoms with Crippen LogP contribution in [0.4, 0.5) is 0 Å². The number of hydrogen-bond acceptors (Lipinski definition) is 10. The third-order valence-corrected chi connectivity index (χ3v) is 12.6. The molecule has 2 heterocycles. The van der Waals surface area contributed by atoms with E-state index in [2.05, 4.69) is 46.6 Å². The van der Waals surface area contributed by atoms with E-state index in [0.29, 0.717) is 25.7 Å². The molecule has 0 fully saturated rings. The summed E-state index contributed by atoms with van der Waals surface area (Å²) in [6.45, 7) is 18.1. The van der Waals surface area contributed by atoms with Crippen LogP contribution in [0.15, 0.2) is 109 Å². The van der Waals surface area contributed by atoms with Crippen molar-refractivity contribution in [1.29, 1.82) is 0 Å². The van der Waals surface area contributed by atoms with Crippen molar-refractivity contribution in [1.82, 2.24) is 30.0 Å². The molecule has 352 valence electrons. The number of carbonyl (C=O) groups is 2. The fourth-order valence-corrected chi connectivity index (χ4v) is 8.32. The average Bonchev–Trinajstić information content (AvgIpc) is 3.98. The summed E-state index contributed by atoms with van der Waals surface area (Å²) in [5.74, 6) is -0.694. The number of esters is 2. The number of carbonyl (C=O) groups excluding carboxylic acids is 2. The molecule has 0 unspecified atom stereocenters. The largest absolute Gasteiger partial charge is 0.460 e. The van der Waals surface area contributed by atoms with Gasteiger partial charge in [-0.2, -0.15) is 0 Å². The van der Waals surface area contributed by atoms with E-state index < -0.39 is 10.8 Å². The van der Waals surface area contributed by atoms with Gasteiger partial charge in [0, 0.05) is 25.5 Å². The number of aromatic nitrogens is 6. The summed E-state index contributed by atoms with van der Waals surface area (Å²) in [6.07, 6.45) is 8.79. The predicted octanol–water partition coefficient (Wildman–Crippen LogP) is 9.95. The van der Waals surface area contributed by atoms with Crippen LogP contribution in [0.1, 0.15) is 135 Å². The molecule has 0 saturated carbocycles. The molecule has 2 aromatic heterocycles. The number of aryl methyl sites for hydroxylation is 6. The third-order valence-electron chi connectivity index (χ3n) is 12.6.